The van der Waals surface area contributed by atoms with Crippen molar-refractivity contribution in [3.05, 3.63) is 70.0 Å². The highest BCUT2D eigenvalue weighted by molar-refractivity contribution is 7.99. The van der Waals surface area contributed by atoms with Crippen LogP contribution in [0.2, 0.25) is 0 Å². The van der Waals surface area contributed by atoms with E-state index in [1.54, 1.807) is 19.3 Å². The van der Waals surface area contributed by atoms with Gasteiger partial charge in [0.2, 0.25) is 5.91 Å². The molecule has 1 aromatic heterocycles. The van der Waals surface area contributed by atoms with Crippen molar-refractivity contribution in [1.29, 1.82) is 0 Å². The van der Waals surface area contributed by atoms with Gasteiger partial charge in [-0.2, -0.15) is 0 Å². The zero-order chi connectivity index (χ0) is 20.1. The number of para-hydroxylation sites is 1. The summed E-state index contributed by atoms with van der Waals surface area (Å²) in [5.74, 6) is -0.165. The molecule has 0 radical (unpaired) electrons. The van der Waals surface area contributed by atoms with Crippen LogP contribution < -0.4 is 5.32 Å². The van der Waals surface area contributed by atoms with Crippen LogP contribution in [0.25, 0.3) is 5.69 Å². The number of anilines is 1. The summed E-state index contributed by atoms with van der Waals surface area (Å²) < 4.78 is 1.86. The molecular formula is C19H19N5O3S. The zero-order valence-electron chi connectivity index (χ0n) is 15.5. The summed E-state index contributed by atoms with van der Waals surface area (Å²) >= 11 is 1.25. The molecule has 0 saturated heterocycles. The monoisotopic (exact) mass is 397 g/mol. The minimum atomic E-state index is -0.489. The molecule has 9 heteroatoms. The highest BCUT2D eigenvalue weighted by Gasteiger charge is 2.14. The van der Waals surface area contributed by atoms with E-state index in [1.165, 1.54) is 23.9 Å². The standard InChI is InChI=1S/C19H19N5O3S/c1-3-14-6-4-5-7-17(14)23-12-20-22-19(23)28-11-18(25)21-16-10-15(24(26)27)9-8-13(16)2/h4-10,12H,3,11H2,1-2H3,(H,21,25). The second-order valence-corrected chi connectivity index (χ2v) is 7.00. The fourth-order valence-electron chi connectivity index (χ4n) is 2.71. The Balaban J connectivity index is 1.71. The number of carbonyl (C=O) groups is 1. The third-order valence-corrected chi connectivity index (χ3v) is 5.13. The zero-order valence-corrected chi connectivity index (χ0v) is 16.3. The smallest absolute Gasteiger partial charge is 0.271 e. The minimum absolute atomic E-state index is 0.0653. The summed E-state index contributed by atoms with van der Waals surface area (Å²) in [6.45, 7) is 3.86. The van der Waals surface area contributed by atoms with Crippen LogP contribution in [0.15, 0.2) is 53.9 Å². The Morgan fingerprint density at radius 3 is 2.82 bits per heavy atom. The molecule has 1 N–H and O–H groups in total. The maximum absolute atomic E-state index is 12.4. The molecule has 28 heavy (non-hydrogen) atoms. The summed E-state index contributed by atoms with van der Waals surface area (Å²) in [7, 11) is 0. The van der Waals surface area contributed by atoms with Crippen LogP contribution in [0.4, 0.5) is 11.4 Å². The lowest BCUT2D eigenvalue weighted by molar-refractivity contribution is -0.384. The Hall–Kier alpha value is -3.20. The predicted octanol–water partition coefficient (Wildman–Crippen LogP) is 3.78. The van der Waals surface area contributed by atoms with Crippen molar-refractivity contribution in [3.63, 3.8) is 0 Å². The van der Waals surface area contributed by atoms with Crippen LogP contribution in [-0.2, 0) is 11.2 Å². The first kappa shape index (κ1) is 19.6. The predicted molar refractivity (Wildman–Crippen MR) is 108 cm³/mol. The number of nitro benzene ring substituents is 1. The van der Waals surface area contributed by atoms with Gasteiger partial charge in [0, 0.05) is 12.1 Å². The first-order valence-electron chi connectivity index (χ1n) is 8.65. The van der Waals surface area contributed by atoms with E-state index in [0.29, 0.717) is 10.8 Å². The number of nitro groups is 1. The lowest BCUT2D eigenvalue weighted by Gasteiger charge is -2.11. The van der Waals surface area contributed by atoms with Gasteiger partial charge in [-0.05, 0) is 30.5 Å². The van der Waals surface area contributed by atoms with Crippen molar-refractivity contribution in [2.45, 2.75) is 25.4 Å². The Morgan fingerprint density at radius 1 is 1.29 bits per heavy atom. The SMILES string of the molecule is CCc1ccccc1-n1cnnc1SCC(=O)Nc1cc([N+](=O)[O-])ccc1C. The van der Waals surface area contributed by atoms with Gasteiger partial charge >= 0.3 is 0 Å². The number of aryl methyl sites for hydroxylation is 2. The number of hydrogen-bond acceptors (Lipinski definition) is 6. The maximum Gasteiger partial charge on any atom is 0.271 e. The average molecular weight is 397 g/mol. The van der Waals surface area contributed by atoms with Crippen molar-refractivity contribution >= 4 is 29.0 Å². The number of carbonyl (C=O) groups excluding carboxylic acids is 1. The fourth-order valence-corrected chi connectivity index (χ4v) is 3.43. The van der Waals surface area contributed by atoms with Gasteiger partial charge in [-0.25, -0.2) is 0 Å². The van der Waals surface area contributed by atoms with Crippen molar-refractivity contribution in [2.24, 2.45) is 0 Å². The van der Waals surface area contributed by atoms with Crippen LogP contribution in [0.5, 0.6) is 0 Å². The van der Waals surface area contributed by atoms with E-state index in [4.69, 9.17) is 0 Å². The fraction of sp³-hybridized carbons (Fsp3) is 0.211. The van der Waals surface area contributed by atoms with E-state index in [0.717, 1.165) is 23.2 Å². The maximum atomic E-state index is 12.4. The third kappa shape index (κ3) is 4.37. The molecule has 8 nitrogen and oxygen atoms in total. The largest absolute Gasteiger partial charge is 0.325 e. The van der Waals surface area contributed by atoms with Crippen LogP contribution in [0.1, 0.15) is 18.1 Å². The normalized spacial score (nSPS) is 10.6. The van der Waals surface area contributed by atoms with E-state index in [-0.39, 0.29) is 17.3 Å². The van der Waals surface area contributed by atoms with E-state index in [2.05, 4.69) is 22.4 Å². The molecule has 1 heterocycles. The number of benzene rings is 2. The number of hydrogen-bond donors (Lipinski definition) is 1. The van der Waals surface area contributed by atoms with Crippen molar-refractivity contribution in [3.8, 4) is 5.69 Å². The van der Waals surface area contributed by atoms with Crippen LogP contribution >= 0.6 is 11.8 Å². The summed E-state index contributed by atoms with van der Waals surface area (Å²) in [5.41, 5.74) is 3.25. The number of nitrogens with zero attached hydrogens (tertiary/aromatic N) is 4. The summed E-state index contributed by atoms with van der Waals surface area (Å²) in [5, 5.41) is 22.3. The Morgan fingerprint density at radius 2 is 2.07 bits per heavy atom. The lowest BCUT2D eigenvalue weighted by Crippen LogP contribution is -2.15. The van der Waals surface area contributed by atoms with E-state index in [9.17, 15) is 14.9 Å². The summed E-state index contributed by atoms with van der Waals surface area (Å²) in [6.07, 6.45) is 2.49. The summed E-state index contributed by atoms with van der Waals surface area (Å²) in [6, 6.07) is 12.3. The first-order valence-corrected chi connectivity index (χ1v) is 9.64. The highest BCUT2D eigenvalue weighted by Crippen LogP contribution is 2.24. The molecule has 0 bridgehead atoms. The first-order chi connectivity index (χ1) is 13.5. The van der Waals surface area contributed by atoms with Gasteiger partial charge in [0.25, 0.3) is 5.69 Å². The molecule has 3 aromatic rings. The Bertz CT molecular complexity index is 1020. The molecule has 0 aliphatic carbocycles. The molecule has 0 unspecified atom stereocenters. The van der Waals surface area contributed by atoms with Crippen LogP contribution in [0.3, 0.4) is 0 Å². The highest BCUT2D eigenvalue weighted by atomic mass is 32.2. The quantitative estimate of drug-likeness (QED) is 0.370. The molecule has 0 spiro atoms. The topological polar surface area (TPSA) is 103 Å². The van der Waals surface area contributed by atoms with E-state index >= 15 is 0 Å². The van der Waals surface area contributed by atoms with E-state index in [1.807, 2.05) is 28.8 Å². The minimum Gasteiger partial charge on any atom is -0.325 e. The van der Waals surface area contributed by atoms with Gasteiger partial charge in [-0.3, -0.25) is 19.5 Å². The van der Waals surface area contributed by atoms with Gasteiger partial charge in [0.15, 0.2) is 5.16 Å². The van der Waals surface area contributed by atoms with Crippen molar-refractivity contribution < 1.29 is 9.72 Å². The van der Waals surface area contributed by atoms with Crippen molar-refractivity contribution in [2.75, 3.05) is 11.1 Å². The second-order valence-electron chi connectivity index (χ2n) is 6.06. The number of amides is 1. The second kappa shape index (κ2) is 8.66. The van der Waals surface area contributed by atoms with E-state index < -0.39 is 4.92 Å². The Labute approximate surface area is 166 Å². The molecular weight excluding hydrogens is 378 g/mol. The average Bonchev–Trinajstić information content (AvgIpc) is 3.16. The van der Waals surface area contributed by atoms with Gasteiger partial charge in [0.1, 0.15) is 6.33 Å². The molecule has 0 aliphatic heterocycles. The van der Waals surface area contributed by atoms with Gasteiger partial charge in [0.05, 0.1) is 22.1 Å². The number of nitrogens with one attached hydrogen (secondary N) is 1. The van der Waals surface area contributed by atoms with Gasteiger partial charge < -0.3 is 5.32 Å². The van der Waals surface area contributed by atoms with Gasteiger partial charge in [-0.15, -0.1) is 10.2 Å². The number of aromatic nitrogens is 3. The third-order valence-electron chi connectivity index (χ3n) is 4.19. The molecule has 2 aromatic carbocycles. The summed E-state index contributed by atoms with van der Waals surface area (Å²) in [4.78, 5) is 22.8. The van der Waals surface area contributed by atoms with Crippen LogP contribution in [0, 0.1) is 17.0 Å². The molecule has 1 amide bonds. The molecule has 0 aliphatic rings. The number of non-ortho nitro benzene ring substituents is 1. The number of thioether (sulfide) groups is 1. The molecule has 0 atom stereocenters. The van der Waals surface area contributed by atoms with Crippen LogP contribution in [-0.4, -0.2) is 31.3 Å². The molecule has 0 saturated carbocycles. The Kier molecular flexibility index (Phi) is 6.05. The van der Waals surface area contributed by atoms with Crippen molar-refractivity contribution in [1.82, 2.24) is 14.8 Å². The molecule has 144 valence electrons. The molecule has 0 fully saturated rings. The number of rotatable bonds is 7. The molecule has 3 rings (SSSR count). The van der Waals surface area contributed by atoms with Gasteiger partial charge in [-0.1, -0.05) is 43.0 Å². The lowest BCUT2D eigenvalue weighted by atomic mass is 10.1.